The van der Waals surface area contributed by atoms with E-state index in [9.17, 15) is 9.18 Å². The van der Waals surface area contributed by atoms with Crippen LogP contribution in [-0.4, -0.2) is 5.91 Å². The molecule has 18 heavy (non-hydrogen) atoms. The maximum absolute atomic E-state index is 13.0. The van der Waals surface area contributed by atoms with Crippen LogP contribution in [0.2, 0.25) is 0 Å². The van der Waals surface area contributed by atoms with Crippen LogP contribution >= 0.6 is 0 Å². The Morgan fingerprint density at radius 2 is 2.17 bits per heavy atom. The quantitative estimate of drug-likeness (QED) is 0.622. The summed E-state index contributed by atoms with van der Waals surface area (Å²) >= 11 is 0. The number of fused-ring (bicyclic) bond motifs is 2. The standard InChI is InChI=1S/C14H15FN2O/c15-12-4-3-10(7-13(12)16)17-14(18)11-6-8-1-2-9(11)5-8/h1-4,7-9,11H,5-6,16H2,(H,17,18). The number of hydrogen-bond donors (Lipinski definition) is 2. The van der Waals surface area contributed by atoms with E-state index < -0.39 is 5.82 Å². The van der Waals surface area contributed by atoms with Crippen LogP contribution in [0.15, 0.2) is 30.4 Å². The van der Waals surface area contributed by atoms with E-state index in [1.807, 2.05) is 0 Å². The molecule has 1 aromatic carbocycles. The van der Waals surface area contributed by atoms with Gasteiger partial charge in [0.15, 0.2) is 0 Å². The zero-order chi connectivity index (χ0) is 12.7. The first-order chi connectivity index (χ1) is 8.63. The number of allylic oxidation sites excluding steroid dienone is 2. The lowest BCUT2D eigenvalue weighted by molar-refractivity contribution is -0.120. The lowest BCUT2D eigenvalue weighted by atomic mass is 9.93. The third kappa shape index (κ3) is 1.88. The summed E-state index contributed by atoms with van der Waals surface area (Å²) in [7, 11) is 0. The summed E-state index contributed by atoms with van der Waals surface area (Å²) in [6.45, 7) is 0. The number of carbonyl (C=O) groups excluding carboxylic acids is 1. The molecule has 0 aliphatic heterocycles. The number of amides is 1. The third-order valence-electron chi connectivity index (χ3n) is 3.88. The Morgan fingerprint density at radius 1 is 1.33 bits per heavy atom. The van der Waals surface area contributed by atoms with Gasteiger partial charge in [0.05, 0.1) is 5.69 Å². The molecule has 3 atom stereocenters. The third-order valence-corrected chi connectivity index (χ3v) is 3.88. The van der Waals surface area contributed by atoms with Gasteiger partial charge in [-0.1, -0.05) is 12.2 Å². The van der Waals surface area contributed by atoms with Crippen molar-refractivity contribution >= 4 is 17.3 Å². The van der Waals surface area contributed by atoms with E-state index in [4.69, 9.17) is 5.73 Å². The van der Waals surface area contributed by atoms with Gasteiger partial charge in [0, 0.05) is 11.6 Å². The smallest absolute Gasteiger partial charge is 0.228 e. The highest BCUT2D eigenvalue weighted by Gasteiger charge is 2.39. The van der Waals surface area contributed by atoms with Gasteiger partial charge in [-0.05, 0) is 42.9 Å². The molecule has 4 heteroatoms. The van der Waals surface area contributed by atoms with Crippen molar-refractivity contribution < 1.29 is 9.18 Å². The van der Waals surface area contributed by atoms with Crippen LogP contribution < -0.4 is 11.1 Å². The summed E-state index contributed by atoms with van der Waals surface area (Å²) in [5.41, 5.74) is 6.09. The Bertz CT molecular complexity index is 527. The average Bonchev–Trinajstić information content (AvgIpc) is 2.96. The van der Waals surface area contributed by atoms with Crippen LogP contribution in [0.25, 0.3) is 0 Å². The molecule has 0 radical (unpaired) electrons. The Labute approximate surface area is 105 Å². The molecule has 2 aliphatic rings. The summed E-state index contributed by atoms with van der Waals surface area (Å²) in [4.78, 5) is 12.1. The molecule has 1 saturated carbocycles. The van der Waals surface area contributed by atoms with Crippen molar-refractivity contribution in [3.8, 4) is 0 Å². The predicted octanol–water partition coefficient (Wildman–Crippen LogP) is 2.56. The minimum Gasteiger partial charge on any atom is -0.396 e. The van der Waals surface area contributed by atoms with Crippen molar-refractivity contribution in [2.24, 2.45) is 17.8 Å². The van der Waals surface area contributed by atoms with Crippen molar-refractivity contribution in [1.29, 1.82) is 0 Å². The molecular formula is C14H15FN2O. The van der Waals surface area contributed by atoms with Crippen LogP contribution in [0, 0.1) is 23.6 Å². The van der Waals surface area contributed by atoms with Gasteiger partial charge in [-0.2, -0.15) is 0 Å². The van der Waals surface area contributed by atoms with E-state index in [2.05, 4.69) is 17.5 Å². The Morgan fingerprint density at radius 3 is 2.78 bits per heavy atom. The Hall–Kier alpha value is -1.84. The van der Waals surface area contributed by atoms with Gasteiger partial charge in [0.25, 0.3) is 0 Å². The molecule has 1 fully saturated rings. The van der Waals surface area contributed by atoms with Crippen LogP contribution in [0.3, 0.4) is 0 Å². The van der Waals surface area contributed by atoms with Gasteiger partial charge in [-0.15, -0.1) is 0 Å². The molecule has 1 aromatic rings. The maximum Gasteiger partial charge on any atom is 0.228 e. The molecule has 0 saturated heterocycles. The molecule has 0 aromatic heterocycles. The number of carbonyl (C=O) groups is 1. The number of benzene rings is 1. The monoisotopic (exact) mass is 246 g/mol. The van der Waals surface area contributed by atoms with Crippen molar-refractivity contribution in [1.82, 2.24) is 0 Å². The molecule has 2 aliphatic carbocycles. The van der Waals surface area contributed by atoms with Gasteiger partial charge in [0.1, 0.15) is 5.82 Å². The Balaban J connectivity index is 1.71. The fourth-order valence-corrected chi connectivity index (χ4v) is 2.94. The van der Waals surface area contributed by atoms with Gasteiger partial charge < -0.3 is 11.1 Å². The van der Waals surface area contributed by atoms with Gasteiger partial charge >= 0.3 is 0 Å². The van der Waals surface area contributed by atoms with E-state index in [-0.39, 0.29) is 17.5 Å². The SMILES string of the molecule is Nc1cc(NC(=O)C2CC3C=CC2C3)ccc1F. The normalized spacial score (nSPS) is 28.6. The molecule has 1 amide bonds. The molecule has 3 unspecified atom stereocenters. The zero-order valence-electron chi connectivity index (χ0n) is 9.90. The second kappa shape index (κ2) is 4.12. The van der Waals surface area contributed by atoms with E-state index in [1.165, 1.54) is 18.2 Å². The first-order valence-electron chi connectivity index (χ1n) is 6.17. The maximum atomic E-state index is 13.0. The first kappa shape index (κ1) is 11.3. The lowest BCUT2D eigenvalue weighted by Crippen LogP contribution is -2.25. The first-order valence-corrected chi connectivity index (χ1v) is 6.17. The van der Waals surface area contributed by atoms with Crippen molar-refractivity contribution in [3.05, 3.63) is 36.2 Å². The summed E-state index contributed by atoms with van der Waals surface area (Å²) in [5, 5.41) is 2.82. The summed E-state index contributed by atoms with van der Waals surface area (Å²) in [6, 6.07) is 4.26. The number of halogens is 1. The minimum atomic E-state index is -0.462. The second-order valence-electron chi connectivity index (χ2n) is 5.11. The van der Waals surface area contributed by atoms with E-state index in [0.717, 1.165) is 12.8 Å². The van der Waals surface area contributed by atoms with Gasteiger partial charge in [-0.25, -0.2) is 4.39 Å². The highest BCUT2D eigenvalue weighted by molar-refractivity contribution is 5.93. The fraction of sp³-hybridized carbons (Fsp3) is 0.357. The molecule has 3 nitrogen and oxygen atoms in total. The summed E-state index contributed by atoms with van der Waals surface area (Å²) in [5.74, 6) is 0.525. The largest absolute Gasteiger partial charge is 0.396 e. The highest BCUT2D eigenvalue weighted by Crippen LogP contribution is 2.43. The predicted molar refractivity (Wildman–Crippen MR) is 68.3 cm³/mol. The average molecular weight is 246 g/mol. The van der Waals surface area contributed by atoms with Crippen LogP contribution in [0.5, 0.6) is 0 Å². The van der Waals surface area contributed by atoms with E-state index in [1.54, 1.807) is 0 Å². The number of nitrogens with one attached hydrogen (secondary N) is 1. The van der Waals surface area contributed by atoms with E-state index >= 15 is 0 Å². The highest BCUT2D eigenvalue weighted by atomic mass is 19.1. The zero-order valence-corrected chi connectivity index (χ0v) is 9.90. The van der Waals surface area contributed by atoms with Crippen LogP contribution in [0.1, 0.15) is 12.8 Å². The molecule has 0 heterocycles. The van der Waals surface area contributed by atoms with E-state index in [0.29, 0.717) is 17.5 Å². The second-order valence-corrected chi connectivity index (χ2v) is 5.11. The van der Waals surface area contributed by atoms with Gasteiger partial charge in [0.2, 0.25) is 5.91 Å². The fourth-order valence-electron chi connectivity index (χ4n) is 2.94. The minimum absolute atomic E-state index is 0.0119. The molecule has 3 rings (SSSR count). The molecule has 94 valence electrons. The van der Waals surface area contributed by atoms with Crippen molar-refractivity contribution in [2.75, 3.05) is 11.1 Å². The topological polar surface area (TPSA) is 55.1 Å². The number of anilines is 2. The number of nitrogen functional groups attached to an aromatic ring is 1. The molecular weight excluding hydrogens is 231 g/mol. The summed E-state index contributed by atoms with van der Waals surface area (Å²) in [6.07, 6.45) is 6.34. The number of rotatable bonds is 2. The molecule has 0 spiro atoms. The lowest BCUT2D eigenvalue weighted by Gasteiger charge is -2.17. The number of hydrogen-bond acceptors (Lipinski definition) is 2. The Kier molecular flexibility index (Phi) is 2.58. The van der Waals surface area contributed by atoms with Gasteiger partial charge in [-0.3, -0.25) is 4.79 Å². The van der Waals surface area contributed by atoms with Crippen molar-refractivity contribution in [3.63, 3.8) is 0 Å². The van der Waals surface area contributed by atoms with Crippen molar-refractivity contribution in [2.45, 2.75) is 12.8 Å². The number of nitrogens with two attached hydrogens (primary N) is 1. The van der Waals surface area contributed by atoms with Crippen LogP contribution in [-0.2, 0) is 4.79 Å². The molecule has 3 N–H and O–H groups in total. The summed E-state index contributed by atoms with van der Waals surface area (Å²) < 4.78 is 13.0. The molecule has 2 bridgehead atoms. The van der Waals surface area contributed by atoms with Crippen LogP contribution in [0.4, 0.5) is 15.8 Å².